The molecule has 5 heteroatoms. The van der Waals surface area contributed by atoms with E-state index >= 15 is 0 Å². The second kappa shape index (κ2) is 7.65. The third kappa shape index (κ3) is 5.84. The predicted molar refractivity (Wildman–Crippen MR) is 78.9 cm³/mol. The van der Waals surface area contributed by atoms with E-state index in [1.807, 2.05) is 44.0 Å². The minimum absolute atomic E-state index is 0.0916. The number of carboxylic acids is 1. The van der Waals surface area contributed by atoms with Gasteiger partial charge in [0.2, 0.25) is 5.91 Å². The highest BCUT2D eigenvalue weighted by Gasteiger charge is 2.08. The van der Waals surface area contributed by atoms with Crippen molar-refractivity contribution in [3.63, 3.8) is 0 Å². The topological polar surface area (TPSA) is 69.6 Å². The molecule has 0 aliphatic heterocycles. The Morgan fingerprint density at radius 2 is 1.95 bits per heavy atom. The normalized spacial score (nSPS) is 10.6. The maximum Gasteiger partial charge on any atom is 0.303 e. The van der Waals surface area contributed by atoms with E-state index in [4.69, 9.17) is 5.11 Å². The minimum atomic E-state index is -0.807. The molecule has 0 heterocycles. The van der Waals surface area contributed by atoms with Crippen LogP contribution < -0.4 is 5.32 Å². The van der Waals surface area contributed by atoms with Crippen molar-refractivity contribution < 1.29 is 14.7 Å². The summed E-state index contributed by atoms with van der Waals surface area (Å²) in [7, 11) is 1.81. The van der Waals surface area contributed by atoms with Crippen LogP contribution in [0.3, 0.4) is 0 Å². The molecule has 110 valence electrons. The molecule has 1 amide bonds. The summed E-state index contributed by atoms with van der Waals surface area (Å²) in [6, 6.07) is 5.80. The zero-order valence-electron chi connectivity index (χ0n) is 12.3. The molecule has 0 aliphatic rings. The van der Waals surface area contributed by atoms with Gasteiger partial charge in [-0.05, 0) is 57.1 Å². The number of benzene rings is 1. The van der Waals surface area contributed by atoms with Crippen molar-refractivity contribution in [2.24, 2.45) is 0 Å². The van der Waals surface area contributed by atoms with Gasteiger partial charge < -0.3 is 10.4 Å². The number of likely N-dealkylation sites (N-methyl/N-ethyl adjacent to an activating group) is 1. The molecule has 0 spiro atoms. The largest absolute Gasteiger partial charge is 0.481 e. The number of amides is 1. The highest BCUT2D eigenvalue weighted by atomic mass is 16.4. The molecule has 0 saturated carbocycles. The zero-order valence-corrected chi connectivity index (χ0v) is 12.3. The van der Waals surface area contributed by atoms with Gasteiger partial charge in [-0.1, -0.05) is 6.07 Å². The quantitative estimate of drug-likeness (QED) is 0.800. The molecule has 0 aliphatic carbocycles. The van der Waals surface area contributed by atoms with Crippen molar-refractivity contribution >= 4 is 17.6 Å². The Morgan fingerprint density at radius 3 is 2.55 bits per heavy atom. The number of hydrogen-bond donors (Lipinski definition) is 2. The Labute approximate surface area is 119 Å². The van der Waals surface area contributed by atoms with E-state index in [1.165, 1.54) is 5.56 Å². The summed E-state index contributed by atoms with van der Waals surface area (Å²) in [5.74, 6) is -0.899. The van der Waals surface area contributed by atoms with Crippen molar-refractivity contribution in [3.05, 3.63) is 29.3 Å². The zero-order chi connectivity index (χ0) is 15.1. The number of aryl methyl sites for hydroxylation is 2. The fourth-order valence-corrected chi connectivity index (χ4v) is 1.84. The van der Waals surface area contributed by atoms with Gasteiger partial charge in [-0.15, -0.1) is 0 Å². The van der Waals surface area contributed by atoms with E-state index in [9.17, 15) is 9.59 Å². The lowest BCUT2D eigenvalue weighted by molar-refractivity contribution is -0.137. The molecule has 0 aromatic heterocycles. The number of hydrogen-bond acceptors (Lipinski definition) is 3. The molecule has 1 aromatic rings. The van der Waals surface area contributed by atoms with E-state index < -0.39 is 5.97 Å². The van der Waals surface area contributed by atoms with Crippen LogP contribution in [0.25, 0.3) is 0 Å². The lowest BCUT2D eigenvalue weighted by Crippen LogP contribution is -2.31. The average molecular weight is 278 g/mol. The van der Waals surface area contributed by atoms with Gasteiger partial charge in [0.15, 0.2) is 0 Å². The lowest BCUT2D eigenvalue weighted by atomic mass is 10.1. The van der Waals surface area contributed by atoms with Crippen molar-refractivity contribution in [1.29, 1.82) is 0 Å². The second-order valence-corrected chi connectivity index (χ2v) is 5.08. The molecule has 1 rings (SSSR count). The number of nitrogens with zero attached hydrogens (tertiary/aromatic N) is 1. The molecule has 0 saturated heterocycles. The SMILES string of the molecule is Cc1ccc(NC(=O)CN(C)CCCC(=O)O)cc1C. The van der Waals surface area contributed by atoms with Crippen LogP contribution in [-0.2, 0) is 9.59 Å². The molecule has 2 N–H and O–H groups in total. The third-order valence-electron chi connectivity index (χ3n) is 3.13. The van der Waals surface area contributed by atoms with Crippen LogP contribution in [0.2, 0.25) is 0 Å². The molecule has 20 heavy (non-hydrogen) atoms. The first-order valence-corrected chi connectivity index (χ1v) is 6.66. The summed E-state index contributed by atoms with van der Waals surface area (Å²) in [6.45, 7) is 4.87. The Morgan fingerprint density at radius 1 is 1.25 bits per heavy atom. The first-order valence-electron chi connectivity index (χ1n) is 6.66. The maximum absolute atomic E-state index is 11.8. The highest BCUT2D eigenvalue weighted by Crippen LogP contribution is 2.14. The van der Waals surface area contributed by atoms with E-state index in [0.29, 0.717) is 13.0 Å². The van der Waals surface area contributed by atoms with Gasteiger partial charge in [0, 0.05) is 12.1 Å². The smallest absolute Gasteiger partial charge is 0.303 e. The van der Waals surface area contributed by atoms with Gasteiger partial charge >= 0.3 is 5.97 Å². The molecule has 5 nitrogen and oxygen atoms in total. The van der Waals surface area contributed by atoms with Crippen LogP contribution in [0.1, 0.15) is 24.0 Å². The number of anilines is 1. The number of carbonyl (C=O) groups excluding carboxylic acids is 1. The van der Waals surface area contributed by atoms with Crippen molar-refractivity contribution in [3.8, 4) is 0 Å². The molecule has 0 fully saturated rings. The number of rotatable bonds is 7. The molecular weight excluding hydrogens is 256 g/mol. The van der Waals surface area contributed by atoms with Crippen LogP contribution in [0.5, 0.6) is 0 Å². The molecular formula is C15H22N2O3. The van der Waals surface area contributed by atoms with Crippen LogP contribution in [0.4, 0.5) is 5.69 Å². The van der Waals surface area contributed by atoms with E-state index in [0.717, 1.165) is 11.3 Å². The van der Waals surface area contributed by atoms with Crippen molar-refractivity contribution in [2.75, 3.05) is 25.5 Å². The number of carbonyl (C=O) groups is 2. The fourth-order valence-electron chi connectivity index (χ4n) is 1.84. The minimum Gasteiger partial charge on any atom is -0.481 e. The summed E-state index contributed by atoms with van der Waals surface area (Å²) in [6.07, 6.45) is 0.672. The average Bonchev–Trinajstić information content (AvgIpc) is 2.33. The van der Waals surface area contributed by atoms with E-state index in [1.54, 1.807) is 0 Å². The van der Waals surface area contributed by atoms with Gasteiger partial charge in [-0.3, -0.25) is 14.5 Å². The molecule has 0 bridgehead atoms. The van der Waals surface area contributed by atoms with Crippen LogP contribution in [0.15, 0.2) is 18.2 Å². The summed E-state index contributed by atoms with van der Waals surface area (Å²) < 4.78 is 0. The van der Waals surface area contributed by atoms with Crippen molar-refractivity contribution in [1.82, 2.24) is 4.90 Å². The molecule has 0 unspecified atom stereocenters. The Hall–Kier alpha value is -1.88. The summed E-state index contributed by atoms with van der Waals surface area (Å²) in [4.78, 5) is 24.1. The maximum atomic E-state index is 11.8. The van der Waals surface area contributed by atoms with Crippen LogP contribution >= 0.6 is 0 Å². The van der Waals surface area contributed by atoms with Gasteiger partial charge in [0.05, 0.1) is 6.54 Å². The Bertz CT molecular complexity index is 486. The fraction of sp³-hybridized carbons (Fsp3) is 0.467. The van der Waals surface area contributed by atoms with Gasteiger partial charge in [0.25, 0.3) is 0 Å². The van der Waals surface area contributed by atoms with Gasteiger partial charge in [-0.25, -0.2) is 0 Å². The molecule has 1 aromatic carbocycles. The third-order valence-corrected chi connectivity index (χ3v) is 3.13. The van der Waals surface area contributed by atoms with E-state index in [2.05, 4.69) is 5.32 Å². The monoisotopic (exact) mass is 278 g/mol. The highest BCUT2D eigenvalue weighted by molar-refractivity contribution is 5.92. The number of aliphatic carboxylic acids is 1. The van der Waals surface area contributed by atoms with Gasteiger partial charge in [-0.2, -0.15) is 0 Å². The standard InChI is InChI=1S/C15H22N2O3/c1-11-6-7-13(9-12(11)2)16-14(18)10-17(3)8-4-5-15(19)20/h6-7,9H,4-5,8,10H2,1-3H3,(H,16,18)(H,19,20). The number of nitrogens with one attached hydrogen (secondary N) is 1. The molecule has 0 atom stereocenters. The second-order valence-electron chi connectivity index (χ2n) is 5.08. The van der Waals surface area contributed by atoms with Crippen molar-refractivity contribution in [2.45, 2.75) is 26.7 Å². The summed E-state index contributed by atoms with van der Waals surface area (Å²) in [5.41, 5.74) is 3.11. The first kappa shape index (κ1) is 16.2. The summed E-state index contributed by atoms with van der Waals surface area (Å²) >= 11 is 0. The number of carboxylic acid groups (broad SMARTS) is 1. The van der Waals surface area contributed by atoms with Crippen LogP contribution in [-0.4, -0.2) is 42.0 Å². The van der Waals surface area contributed by atoms with E-state index in [-0.39, 0.29) is 18.9 Å². The molecule has 0 radical (unpaired) electrons. The predicted octanol–water partition coefficient (Wildman–Crippen LogP) is 2.04. The Balaban J connectivity index is 2.38. The summed E-state index contributed by atoms with van der Waals surface area (Å²) in [5, 5.41) is 11.4. The van der Waals surface area contributed by atoms with Gasteiger partial charge in [0.1, 0.15) is 0 Å². The Kier molecular flexibility index (Phi) is 6.18. The lowest BCUT2D eigenvalue weighted by Gasteiger charge is -2.16. The van der Waals surface area contributed by atoms with Crippen LogP contribution in [0, 0.1) is 13.8 Å². The first-order chi connectivity index (χ1) is 9.38.